The van der Waals surface area contributed by atoms with E-state index in [1.54, 1.807) is 33.7 Å². The van der Waals surface area contributed by atoms with Gasteiger partial charge in [0.25, 0.3) is 0 Å². The van der Waals surface area contributed by atoms with Gasteiger partial charge in [0, 0.05) is 20.0 Å². The predicted octanol–water partition coefficient (Wildman–Crippen LogP) is 4.28. The Bertz CT molecular complexity index is 1860. The number of amides is 3. The Morgan fingerprint density at radius 3 is 2.50 bits per heavy atom. The number of esters is 1. The molecule has 1 aromatic heterocycles. The van der Waals surface area contributed by atoms with Gasteiger partial charge in [-0.1, -0.05) is 73.7 Å². The van der Waals surface area contributed by atoms with Gasteiger partial charge in [0.15, 0.2) is 0 Å². The van der Waals surface area contributed by atoms with Gasteiger partial charge in [-0.05, 0) is 56.2 Å². The van der Waals surface area contributed by atoms with Crippen molar-refractivity contribution in [1.82, 2.24) is 29.7 Å². The van der Waals surface area contributed by atoms with Gasteiger partial charge in [-0.15, -0.1) is 18.3 Å². The van der Waals surface area contributed by atoms with Gasteiger partial charge in [-0.3, -0.25) is 19.2 Å². The molecule has 0 radical (unpaired) electrons. The number of likely N-dealkylation sites (N-methyl/N-ethyl adjacent to an activating group) is 1. The molecular formula is C41H52N6O7. The molecule has 1 N–H and O–H groups in total. The molecule has 8 atom stereocenters. The molecule has 0 aliphatic carbocycles. The summed E-state index contributed by atoms with van der Waals surface area (Å²) in [7, 11) is 1.69. The lowest BCUT2D eigenvalue weighted by Crippen LogP contribution is -2.59. The van der Waals surface area contributed by atoms with Crippen LogP contribution in [0.2, 0.25) is 0 Å². The van der Waals surface area contributed by atoms with Gasteiger partial charge < -0.3 is 29.3 Å². The second-order valence-corrected chi connectivity index (χ2v) is 15.2. The van der Waals surface area contributed by atoms with Gasteiger partial charge in [0.2, 0.25) is 17.7 Å². The second kappa shape index (κ2) is 16.2. The number of hydrogen-bond acceptors (Lipinski definition) is 9. The molecule has 4 heterocycles. The number of fused-ring (bicyclic) bond motifs is 2. The number of aliphatic hydroxyl groups excluding tert-OH is 1. The maximum Gasteiger partial charge on any atom is 0.313 e. The molecule has 3 saturated heterocycles. The Kier molecular flexibility index (Phi) is 11.7. The molecule has 54 heavy (non-hydrogen) atoms. The summed E-state index contributed by atoms with van der Waals surface area (Å²) in [5, 5.41) is 19.3. The number of carbonyl (C=O) groups excluding carboxylic acids is 4. The summed E-state index contributed by atoms with van der Waals surface area (Å²) in [4.78, 5) is 62.2. The Hall–Kier alpha value is -4.88. The minimum Gasteiger partial charge on any atom is -0.455 e. The summed E-state index contributed by atoms with van der Waals surface area (Å²) in [5.74, 6) is -3.48. The molecule has 6 rings (SSSR count). The van der Waals surface area contributed by atoms with Crippen molar-refractivity contribution in [1.29, 1.82) is 0 Å². The average Bonchev–Trinajstić information content (AvgIpc) is 3.93. The highest BCUT2D eigenvalue weighted by molar-refractivity contribution is 5.98. The first-order chi connectivity index (χ1) is 26.0. The molecule has 3 fully saturated rings. The van der Waals surface area contributed by atoms with Crippen molar-refractivity contribution in [2.24, 2.45) is 17.8 Å². The molecule has 13 nitrogen and oxygen atoms in total. The standard InChI is InChI=1S/C41H52N6O7/c1-7-9-19-33(49)44(6)27(5)36(28-15-11-10-12-16-28)53-40(52)34-32-20-21-41(54-32)35(34)38(50)47(29(24-48)23-26(3)4)37(41)39(51)45(22-8-2)25-46-31-18-14-13-17-30(31)42-43-46/h7-8,10-18,26-27,29,32,34-37,48H,1-2,9,19-25H2,3-6H3/t27-,29+,32-,34+,35+,36+,37-,41+/m0/s1. The maximum atomic E-state index is 15.0. The van der Waals surface area contributed by atoms with E-state index in [4.69, 9.17) is 9.47 Å². The highest BCUT2D eigenvalue weighted by Gasteiger charge is 2.75. The van der Waals surface area contributed by atoms with Gasteiger partial charge in [0.1, 0.15) is 29.9 Å². The summed E-state index contributed by atoms with van der Waals surface area (Å²) in [5.41, 5.74) is 0.777. The monoisotopic (exact) mass is 740 g/mol. The number of benzene rings is 2. The summed E-state index contributed by atoms with van der Waals surface area (Å²) in [6.45, 7) is 13.2. The summed E-state index contributed by atoms with van der Waals surface area (Å²) >= 11 is 0. The van der Waals surface area contributed by atoms with Crippen LogP contribution in [0.15, 0.2) is 79.9 Å². The quantitative estimate of drug-likeness (QED) is 0.158. The van der Waals surface area contributed by atoms with Crippen molar-refractivity contribution in [2.75, 3.05) is 20.2 Å². The van der Waals surface area contributed by atoms with E-state index in [1.807, 2.05) is 75.4 Å². The smallest absolute Gasteiger partial charge is 0.313 e. The van der Waals surface area contributed by atoms with Crippen molar-refractivity contribution in [2.45, 2.75) is 95.5 Å². The second-order valence-electron chi connectivity index (χ2n) is 15.2. The fourth-order valence-electron chi connectivity index (χ4n) is 8.70. The predicted molar refractivity (Wildman–Crippen MR) is 201 cm³/mol. The highest BCUT2D eigenvalue weighted by atomic mass is 16.6. The first-order valence-corrected chi connectivity index (χ1v) is 18.9. The van der Waals surface area contributed by atoms with Crippen LogP contribution < -0.4 is 0 Å². The van der Waals surface area contributed by atoms with Crippen LogP contribution in [0.3, 0.4) is 0 Å². The van der Waals surface area contributed by atoms with Gasteiger partial charge in [0.05, 0.1) is 42.1 Å². The largest absolute Gasteiger partial charge is 0.455 e. The van der Waals surface area contributed by atoms with E-state index in [0.29, 0.717) is 36.8 Å². The van der Waals surface area contributed by atoms with E-state index in [0.717, 1.165) is 5.52 Å². The van der Waals surface area contributed by atoms with Crippen molar-refractivity contribution < 1.29 is 33.8 Å². The average molecular weight is 741 g/mol. The Morgan fingerprint density at radius 1 is 1.09 bits per heavy atom. The number of carbonyl (C=O) groups is 4. The number of ether oxygens (including phenoxy) is 2. The zero-order chi connectivity index (χ0) is 38.7. The van der Waals surface area contributed by atoms with Crippen LogP contribution in [0.5, 0.6) is 0 Å². The van der Waals surface area contributed by atoms with Crippen LogP contribution in [-0.4, -0.2) is 109 Å². The molecule has 3 amide bonds. The van der Waals surface area contributed by atoms with Crippen LogP contribution >= 0.6 is 0 Å². The maximum absolute atomic E-state index is 15.0. The normalized spacial score (nSPS) is 24.6. The summed E-state index contributed by atoms with van der Waals surface area (Å²) in [6.07, 6.45) is 3.82. The van der Waals surface area contributed by atoms with Crippen LogP contribution in [0.25, 0.3) is 11.0 Å². The number of para-hydroxylation sites is 1. The van der Waals surface area contributed by atoms with E-state index in [9.17, 15) is 19.5 Å². The number of aliphatic hydroxyl groups is 1. The van der Waals surface area contributed by atoms with Crippen molar-refractivity contribution in [3.8, 4) is 0 Å². The molecule has 0 unspecified atom stereocenters. The molecule has 1 spiro atoms. The topological polar surface area (TPSA) is 147 Å². The molecule has 2 aromatic carbocycles. The van der Waals surface area contributed by atoms with E-state index in [2.05, 4.69) is 23.5 Å². The fraction of sp³-hybridized carbons (Fsp3) is 0.512. The number of rotatable bonds is 17. The highest BCUT2D eigenvalue weighted by Crippen LogP contribution is 2.59. The summed E-state index contributed by atoms with van der Waals surface area (Å²) < 4.78 is 14.7. The third-order valence-corrected chi connectivity index (χ3v) is 11.4. The number of likely N-dealkylation sites (tertiary alicyclic amines) is 1. The third kappa shape index (κ3) is 7.06. The Labute approximate surface area is 316 Å². The summed E-state index contributed by atoms with van der Waals surface area (Å²) in [6, 6.07) is 14.3. The molecule has 2 bridgehead atoms. The first-order valence-electron chi connectivity index (χ1n) is 18.9. The first kappa shape index (κ1) is 38.8. The molecule has 288 valence electrons. The van der Waals surface area contributed by atoms with Gasteiger partial charge in [-0.2, -0.15) is 0 Å². The Morgan fingerprint density at radius 2 is 1.81 bits per heavy atom. The molecule has 3 aromatic rings. The van der Waals surface area contributed by atoms with E-state index < -0.39 is 65.6 Å². The number of aromatic nitrogens is 3. The lowest BCUT2D eigenvalue weighted by atomic mass is 9.70. The molecular weight excluding hydrogens is 688 g/mol. The van der Waals surface area contributed by atoms with Crippen molar-refractivity contribution >= 4 is 34.7 Å². The molecule has 0 saturated carbocycles. The van der Waals surface area contributed by atoms with E-state index in [-0.39, 0.29) is 38.1 Å². The van der Waals surface area contributed by atoms with E-state index >= 15 is 4.79 Å². The minimum absolute atomic E-state index is 0.0309. The van der Waals surface area contributed by atoms with Gasteiger partial charge in [-0.25, -0.2) is 4.68 Å². The minimum atomic E-state index is -1.33. The van der Waals surface area contributed by atoms with Crippen LogP contribution in [0.4, 0.5) is 0 Å². The number of allylic oxidation sites excluding steroid dienone is 1. The van der Waals surface area contributed by atoms with Crippen molar-refractivity contribution in [3.63, 3.8) is 0 Å². The number of nitrogens with zero attached hydrogens (tertiary/aromatic N) is 6. The lowest BCUT2D eigenvalue weighted by Gasteiger charge is -2.39. The fourth-order valence-corrected chi connectivity index (χ4v) is 8.70. The zero-order valence-electron chi connectivity index (χ0n) is 31.6. The van der Waals surface area contributed by atoms with E-state index in [1.165, 1.54) is 4.90 Å². The lowest BCUT2D eigenvalue weighted by molar-refractivity contribution is -0.165. The zero-order valence-corrected chi connectivity index (χ0v) is 31.6. The molecule has 3 aliphatic heterocycles. The van der Waals surface area contributed by atoms with Crippen LogP contribution in [-0.2, 0) is 35.3 Å². The van der Waals surface area contributed by atoms with Gasteiger partial charge >= 0.3 is 5.97 Å². The molecule has 13 heteroatoms. The SMILES string of the molecule is C=CCCC(=O)N(C)[C@@H](C)[C@@H](OC(=O)[C@@H]1[C@@H]2CC[C@]3(O2)[C@H](C(=O)N(CC=C)Cn2nnc4ccccc42)N([C@@H](CO)CC(C)C)C(=O)[C@@H]13)c1ccccc1. The van der Waals surface area contributed by atoms with Crippen molar-refractivity contribution in [3.05, 3.63) is 85.5 Å². The third-order valence-electron chi connectivity index (χ3n) is 11.4. The van der Waals surface area contributed by atoms with Crippen LogP contribution in [0, 0.1) is 17.8 Å². The molecule has 3 aliphatic rings. The van der Waals surface area contributed by atoms with Crippen LogP contribution in [0.1, 0.15) is 64.5 Å². The Balaban J connectivity index is 1.35. The number of hydrogen-bond donors (Lipinski definition) is 1.